The van der Waals surface area contributed by atoms with Gasteiger partial charge in [-0.3, -0.25) is 9.36 Å². The summed E-state index contributed by atoms with van der Waals surface area (Å²) in [5.41, 5.74) is 5.82. The van der Waals surface area contributed by atoms with Crippen molar-refractivity contribution in [3.63, 3.8) is 0 Å². The number of fused-ring (bicyclic) bond motifs is 1. The number of aliphatic hydroxyl groups is 1. The number of esters is 1. The Labute approximate surface area is 230 Å². The van der Waals surface area contributed by atoms with Gasteiger partial charge in [-0.25, -0.2) is 25.1 Å². The van der Waals surface area contributed by atoms with Crippen molar-refractivity contribution in [1.82, 2.24) is 29.7 Å². The third-order valence-corrected chi connectivity index (χ3v) is 8.88. The summed E-state index contributed by atoms with van der Waals surface area (Å²) in [6.07, 6.45) is 6.49. The highest BCUT2D eigenvalue weighted by atomic mass is 31.2. The van der Waals surface area contributed by atoms with E-state index in [1.807, 2.05) is 6.92 Å². The number of anilines is 1. The maximum Gasteiger partial charge on any atom is 0.323 e. The highest BCUT2D eigenvalue weighted by molar-refractivity contribution is 7.59. The molecule has 220 valence electrons. The van der Waals surface area contributed by atoms with Crippen LogP contribution in [0.5, 0.6) is 0 Å². The molecule has 0 aliphatic heterocycles. The van der Waals surface area contributed by atoms with Gasteiger partial charge in [-0.2, -0.15) is 0 Å². The van der Waals surface area contributed by atoms with E-state index in [-0.39, 0.29) is 18.3 Å². The molecule has 3 rings (SSSR count). The minimum absolute atomic E-state index is 0.0944. The van der Waals surface area contributed by atoms with E-state index in [1.54, 1.807) is 31.7 Å². The number of aliphatic hydroxyl groups excluding tert-OH is 1. The molecule has 0 radical (unpaired) electrons. The third kappa shape index (κ3) is 8.92. The van der Waals surface area contributed by atoms with Gasteiger partial charge in [0.1, 0.15) is 30.3 Å². The number of carbonyl (C=O) groups is 1. The van der Waals surface area contributed by atoms with Gasteiger partial charge < -0.3 is 29.6 Å². The first kappa shape index (κ1) is 31.4. The van der Waals surface area contributed by atoms with Crippen molar-refractivity contribution in [3.05, 3.63) is 12.7 Å². The highest BCUT2D eigenvalue weighted by Gasteiger charge is 2.39. The van der Waals surface area contributed by atoms with Crippen molar-refractivity contribution in [3.8, 4) is 0 Å². The number of hydrogen-bond acceptors (Lipinski definition) is 10. The highest BCUT2D eigenvalue weighted by Crippen LogP contribution is 2.41. The van der Waals surface area contributed by atoms with Crippen LogP contribution in [0.4, 0.5) is 5.82 Å². The first-order valence-corrected chi connectivity index (χ1v) is 15.5. The predicted octanol–water partition coefficient (Wildman–Crippen LogP) is 2.93. The van der Waals surface area contributed by atoms with Crippen molar-refractivity contribution >= 4 is 30.4 Å². The molecule has 2 heterocycles. The molecule has 0 amide bonds. The Morgan fingerprint density at radius 1 is 1.26 bits per heavy atom. The zero-order chi connectivity index (χ0) is 28.6. The maximum absolute atomic E-state index is 14.2. The number of nitrogens with two attached hydrogens (primary N) is 1. The summed E-state index contributed by atoms with van der Waals surface area (Å²) in [6.45, 7) is 9.63. The minimum atomic E-state index is -3.62. The summed E-state index contributed by atoms with van der Waals surface area (Å²) in [6, 6.07) is -0.862. The van der Waals surface area contributed by atoms with E-state index in [0.29, 0.717) is 24.3 Å². The molecule has 39 heavy (non-hydrogen) atoms. The van der Waals surface area contributed by atoms with Crippen LogP contribution in [-0.2, 0) is 30.1 Å². The number of nitrogens with one attached hydrogen (secondary N) is 2. The monoisotopic (exact) mass is 569 g/mol. The molecule has 1 aliphatic rings. The smallest absolute Gasteiger partial charge is 0.323 e. The van der Waals surface area contributed by atoms with Gasteiger partial charge in [-0.1, -0.05) is 19.8 Å². The van der Waals surface area contributed by atoms with Crippen molar-refractivity contribution < 1.29 is 28.7 Å². The van der Waals surface area contributed by atoms with Gasteiger partial charge in [0.15, 0.2) is 17.8 Å². The average molecular weight is 570 g/mol. The lowest BCUT2D eigenvalue weighted by atomic mass is 9.96. The molecule has 1 fully saturated rings. The molecule has 0 saturated heterocycles. The minimum Gasteiger partial charge on any atom is -0.461 e. The Balaban J connectivity index is 1.68. The Morgan fingerprint density at radius 3 is 2.67 bits per heavy atom. The molecule has 4 atom stereocenters. The van der Waals surface area contributed by atoms with Gasteiger partial charge in [-0.05, 0) is 53.4 Å². The first-order valence-electron chi connectivity index (χ1n) is 13.6. The molecule has 0 spiro atoms. The fourth-order valence-corrected chi connectivity index (χ4v) is 6.53. The fourth-order valence-electron chi connectivity index (χ4n) is 4.09. The van der Waals surface area contributed by atoms with Crippen molar-refractivity contribution in [2.24, 2.45) is 0 Å². The van der Waals surface area contributed by atoms with Crippen molar-refractivity contribution in [2.75, 3.05) is 18.7 Å². The molecule has 2 aromatic rings. The van der Waals surface area contributed by atoms with E-state index in [9.17, 15) is 14.5 Å². The van der Waals surface area contributed by atoms with Crippen LogP contribution < -0.4 is 15.9 Å². The van der Waals surface area contributed by atoms with Crippen LogP contribution in [0, 0.1) is 0 Å². The lowest BCUT2D eigenvalue weighted by Gasteiger charge is -2.37. The van der Waals surface area contributed by atoms with Crippen LogP contribution >= 0.6 is 7.44 Å². The summed E-state index contributed by atoms with van der Waals surface area (Å²) >= 11 is 0. The van der Waals surface area contributed by atoms with Crippen LogP contribution in [0.3, 0.4) is 0 Å². The van der Waals surface area contributed by atoms with Gasteiger partial charge in [0, 0.05) is 6.61 Å². The standard InChI is InChI=1S/C25H44N7O6P/c1-6-7-8-12-36-24(34)25(4,5)31-39(35,30-18(3)23(33)38-19-10-9-11-19)16-37-17(2)13-32-15-29-20-21(26)27-14-28-22(20)32/h14-15,17-19,24,34H,6-13,16H2,1-5H3,(H2,26,27,28)(H2,30,31,35)/t17-,18-,24?,39-/m1/s1. The van der Waals surface area contributed by atoms with Crippen LogP contribution in [-0.4, -0.2) is 73.6 Å². The lowest BCUT2D eigenvalue weighted by molar-refractivity contribution is -0.154. The summed E-state index contributed by atoms with van der Waals surface area (Å²) in [5, 5.41) is 16.6. The van der Waals surface area contributed by atoms with Crippen LogP contribution in [0.1, 0.15) is 73.1 Å². The van der Waals surface area contributed by atoms with Gasteiger partial charge in [0.05, 0.1) is 24.5 Å². The quantitative estimate of drug-likeness (QED) is 0.0950. The molecule has 14 heteroatoms. The Morgan fingerprint density at radius 2 is 2.00 bits per heavy atom. The number of ether oxygens (including phenoxy) is 3. The first-order chi connectivity index (χ1) is 18.4. The molecule has 0 aromatic carbocycles. The van der Waals surface area contributed by atoms with Gasteiger partial charge >= 0.3 is 5.97 Å². The maximum atomic E-state index is 14.2. The van der Waals surface area contributed by atoms with Crippen LogP contribution in [0.2, 0.25) is 0 Å². The third-order valence-electron chi connectivity index (χ3n) is 6.62. The second-order valence-corrected chi connectivity index (χ2v) is 13.0. The molecule has 2 aromatic heterocycles. The van der Waals surface area contributed by atoms with Crippen LogP contribution in [0.25, 0.3) is 11.2 Å². The zero-order valence-corrected chi connectivity index (χ0v) is 24.5. The number of nitrogens with zero attached hydrogens (tertiary/aromatic N) is 4. The molecule has 1 saturated carbocycles. The molecule has 1 aliphatic carbocycles. The zero-order valence-electron chi connectivity index (χ0n) is 23.6. The molecule has 13 nitrogen and oxygen atoms in total. The summed E-state index contributed by atoms with van der Waals surface area (Å²) < 4.78 is 33.1. The number of unbranched alkanes of at least 4 members (excludes halogenated alkanes) is 2. The van der Waals surface area contributed by atoms with E-state index in [2.05, 4.69) is 32.1 Å². The van der Waals surface area contributed by atoms with Crippen molar-refractivity contribution in [1.29, 1.82) is 0 Å². The van der Waals surface area contributed by atoms with Gasteiger partial charge in [0.25, 0.3) is 0 Å². The van der Waals surface area contributed by atoms with E-state index in [4.69, 9.17) is 19.9 Å². The number of nitrogen functional groups attached to an aromatic ring is 1. The number of rotatable bonds is 17. The number of imidazole rings is 1. The molecule has 0 bridgehead atoms. The topological polar surface area (TPSA) is 176 Å². The van der Waals surface area contributed by atoms with Gasteiger partial charge in [0.2, 0.25) is 7.44 Å². The Hall–Kier alpha value is -2.15. The SMILES string of the molecule is CCCCCOC(O)C(C)(C)N[P@@](=O)(CO[C@H](C)Cn1cnc2c(N)ncnc21)N[C@H](C)C(=O)OC1CCC1. The fraction of sp³-hybridized carbons (Fsp3) is 0.760. The van der Waals surface area contributed by atoms with E-state index < -0.39 is 37.4 Å². The van der Waals surface area contributed by atoms with Crippen LogP contribution in [0.15, 0.2) is 12.7 Å². The van der Waals surface area contributed by atoms with Crippen molar-refractivity contribution in [2.45, 2.75) is 110 Å². The number of carbonyl (C=O) groups excluding carboxylic acids is 1. The van der Waals surface area contributed by atoms with E-state index in [0.717, 1.165) is 38.5 Å². The largest absolute Gasteiger partial charge is 0.461 e. The molecule has 1 unspecified atom stereocenters. The average Bonchev–Trinajstić information content (AvgIpc) is 3.26. The summed E-state index contributed by atoms with van der Waals surface area (Å²) in [7, 11) is -3.62. The molecule has 5 N–H and O–H groups in total. The number of hydrogen-bond donors (Lipinski definition) is 4. The van der Waals surface area contributed by atoms with E-state index >= 15 is 0 Å². The predicted molar refractivity (Wildman–Crippen MR) is 148 cm³/mol. The Kier molecular flexibility index (Phi) is 11.2. The number of aromatic nitrogens is 4. The van der Waals surface area contributed by atoms with Gasteiger partial charge in [-0.15, -0.1) is 0 Å². The normalized spacial score (nSPS) is 18.3. The lowest BCUT2D eigenvalue weighted by Crippen LogP contribution is -2.52. The second kappa shape index (κ2) is 14.0. The summed E-state index contributed by atoms with van der Waals surface area (Å²) in [5.74, 6) is -0.197. The Bertz CT molecular complexity index is 1130. The molecular weight excluding hydrogens is 525 g/mol. The second-order valence-electron chi connectivity index (χ2n) is 10.8. The van der Waals surface area contributed by atoms with E-state index in [1.165, 1.54) is 6.33 Å². The summed E-state index contributed by atoms with van der Waals surface area (Å²) in [4.78, 5) is 25.1. The molecular formula is C25H44N7O6P.